The standard InChI is InChI=1S/C17H31NOS/c1-6-8-10-11-13-17(4,12-9-7-2)16-15(19-5)14(3)18-20-16/h6-13H2,1-5H3. The Bertz CT molecular complexity index is 388. The van der Waals surface area contributed by atoms with E-state index in [4.69, 9.17) is 4.74 Å². The summed E-state index contributed by atoms with van der Waals surface area (Å²) in [7, 11) is 1.78. The molecule has 0 bridgehead atoms. The quantitative estimate of drug-likeness (QED) is 0.503. The van der Waals surface area contributed by atoms with Gasteiger partial charge in [0.1, 0.15) is 0 Å². The summed E-state index contributed by atoms with van der Waals surface area (Å²) in [5, 5.41) is 0. The van der Waals surface area contributed by atoms with E-state index in [1.807, 2.05) is 0 Å². The maximum absolute atomic E-state index is 5.62. The van der Waals surface area contributed by atoms with Gasteiger partial charge >= 0.3 is 0 Å². The lowest BCUT2D eigenvalue weighted by Gasteiger charge is -2.29. The van der Waals surface area contributed by atoms with Crippen molar-refractivity contribution in [2.75, 3.05) is 7.11 Å². The minimum absolute atomic E-state index is 0.237. The molecule has 0 spiro atoms. The Kier molecular flexibility index (Phi) is 7.57. The Morgan fingerprint density at radius 1 is 1.05 bits per heavy atom. The normalized spacial score (nSPS) is 14.2. The first-order valence-corrected chi connectivity index (χ1v) is 8.87. The van der Waals surface area contributed by atoms with Crippen LogP contribution in [0, 0.1) is 6.92 Å². The van der Waals surface area contributed by atoms with Gasteiger partial charge in [0.2, 0.25) is 0 Å². The lowest BCUT2D eigenvalue weighted by atomic mass is 9.78. The number of nitrogens with zero attached hydrogens (tertiary/aromatic N) is 1. The van der Waals surface area contributed by atoms with Crippen LogP contribution in [0.1, 0.15) is 82.7 Å². The molecule has 1 heterocycles. The molecule has 3 heteroatoms. The van der Waals surface area contributed by atoms with E-state index >= 15 is 0 Å². The van der Waals surface area contributed by atoms with Gasteiger partial charge in [-0.2, -0.15) is 4.37 Å². The third-order valence-corrected chi connectivity index (χ3v) is 5.45. The number of hydrogen-bond donors (Lipinski definition) is 0. The van der Waals surface area contributed by atoms with Crippen LogP contribution in [0.25, 0.3) is 0 Å². The zero-order valence-corrected chi connectivity index (χ0v) is 14.7. The van der Waals surface area contributed by atoms with Crippen LogP contribution in [0.5, 0.6) is 5.75 Å². The molecule has 116 valence electrons. The predicted octanol–water partition coefficient (Wildman–Crippen LogP) is 5.88. The van der Waals surface area contributed by atoms with E-state index in [1.165, 1.54) is 56.2 Å². The average molecular weight is 298 g/mol. The minimum Gasteiger partial charge on any atom is -0.494 e. The van der Waals surface area contributed by atoms with Gasteiger partial charge in [0, 0.05) is 5.41 Å². The lowest BCUT2D eigenvalue weighted by molar-refractivity contribution is 0.347. The van der Waals surface area contributed by atoms with E-state index in [0.29, 0.717) is 0 Å². The van der Waals surface area contributed by atoms with Crippen molar-refractivity contribution in [2.24, 2.45) is 0 Å². The summed E-state index contributed by atoms with van der Waals surface area (Å²) >= 11 is 1.65. The van der Waals surface area contributed by atoms with E-state index in [2.05, 4.69) is 32.1 Å². The molecule has 0 aliphatic carbocycles. The minimum atomic E-state index is 0.237. The second-order valence-corrected chi connectivity index (χ2v) is 6.88. The molecular formula is C17H31NOS. The van der Waals surface area contributed by atoms with E-state index < -0.39 is 0 Å². The summed E-state index contributed by atoms with van der Waals surface area (Å²) in [6.45, 7) is 9.00. The number of aromatic nitrogens is 1. The average Bonchev–Trinajstić information content (AvgIpc) is 2.83. The lowest BCUT2D eigenvalue weighted by Crippen LogP contribution is -2.21. The number of unbranched alkanes of at least 4 members (excludes halogenated alkanes) is 4. The van der Waals surface area contributed by atoms with Crippen molar-refractivity contribution < 1.29 is 4.74 Å². The second-order valence-electron chi connectivity index (χ2n) is 6.11. The molecule has 20 heavy (non-hydrogen) atoms. The number of hydrogen-bond acceptors (Lipinski definition) is 3. The van der Waals surface area contributed by atoms with Crippen LogP contribution >= 0.6 is 11.5 Å². The molecule has 1 rings (SSSR count). The maximum Gasteiger partial charge on any atom is 0.156 e. The van der Waals surface area contributed by atoms with Crippen LogP contribution in [-0.2, 0) is 5.41 Å². The van der Waals surface area contributed by atoms with Crippen LogP contribution in [0.4, 0.5) is 0 Å². The molecule has 0 fully saturated rings. The largest absolute Gasteiger partial charge is 0.494 e. The fourth-order valence-corrected chi connectivity index (χ4v) is 3.90. The third kappa shape index (κ3) is 4.47. The topological polar surface area (TPSA) is 22.1 Å². The van der Waals surface area contributed by atoms with Gasteiger partial charge in [-0.05, 0) is 31.3 Å². The molecule has 0 N–H and O–H groups in total. The van der Waals surface area contributed by atoms with Crippen molar-refractivity contribution in [1.82, 2.24) is 4.37 Å². The van der Waals surface area contributed by atoms with Crippen LogP contribution in [-0.4, -0.2) is 11.5 Å². The maximum atomic E-state index is 5.62. The monoisotopic (exact) mass is 297 g/mol. The summed E-state index contributed by atoms with van der Waals surface area (Å²) in [6, 6.07) is 0. The van der Waals surface area contributed by atoms with E-state index in [9.17, 15) is 0 Å². The zero-order chi connectivity index (χ0) is 15.0. The van der Waals surface area contributed by atoms with Crippen LogP contribution < -0.4 is 4.74 Å². The number of aryl methyl sites for hydroxylation is 1. The third-order valence-electron chi connectivity index (χ3n) is 4.23. The molecule has 1 aromatic heterocycles. The molecule has 0 saturated carbocycles. The Morgan fingerprint density at radius 2 is 1.70 bits per heavy atom. The van der Waals surface area contributed by atoms with Crippen LogP contribution in [0.2, 0.25) is 0 Å². The Morgan fingerprint density at radius 3 is 2.30 bits per heavy atom. The molecule has 0 saturated heterocycles. The summed E-state index contributed by atoms with van der Waals surface area (Å²) in [6.07, 6.45) is 10.3. The molecule has 0 radical (unpaired) electrons. The first-order valence-electron chi connectivity index (χ1n) is 8.09. The molecular weight excluding hydrogens is 266 g/mol. The molecule has 2 nitrogen and oxygen atoms in total. The molecule has 0 aliphatic rings. The SMILES string of the molecule is CCCCCCC(C)(CCCC)c1snc(C)c1OC. The van der Waals surface area contributed by atoms with Gasteiger partial charge in [-0.25, -0.2) is 0 Å². The second kappa shape index (κ2) is 8.66. The van der Waals surface area contributed by atoms with Gasteiger partial charge in [-0.1, -0.05) is 59.3 Å². The molecule has 0 aromatic carbocycles. The summed E-state index contributed by atoms with van der Waals surface area (Å²) in [5.41, 5.74) is 1.28. The van der Waals surface area contributed by atoms with Crippen molar-refractivity contribution in [3.63, 3.8) is 0 Å². The van der Waals surface area contributed by atoms with Crippen molar-refractivity contribution in [1.29, 1.82) is 0 Å². The summed E-state index contributed by atoms with van der Waals surface area (Å²) in [5.74, 6) is 1.03. The molecule has 0 aliphatic heterocycles. The van der Waals surface area contributed by atoms with Crippen LogP contribution in [0.3, 0.4) is 0 Å². The highest BCUT2D eigenvalue weighted by Crippen LogP contribution is 2.43. The van der Waals surface area contributed by atoms with Crippen LogP contribution in [0.15, 0.2) is 0 Å². The number of rotatable bonds is 10. The predicted molar refractivity (Wildman–Crippen MR) is 89.0 cm³/mol. The number of methoxy groups -OCH3 is 1. The van der Waals surface area contributed by atoms with Crippen molar-refractivity contribution in [3.05, 3.63) is 10.6 Å². The summed E-state index contributed by atoms with van der Waals surface area (Å²) < 4.78 is 10.1. The molecule has 1 unspecified atom stereocenters. The first-order chi connectivity index (χ1) is 9.59. The Balaban J connectivity index is 2.85. The molecule has 0 amide bonds. The Labute approximate surface area is 129 Å². The summed E-state index contributed by atoms with van der Waals surface area (Å²) in [4.78, 5) is 1.36. The van der Waals surface area contributed by atoms with E-state index in [1.54, 1.807) is 18.6 Å². The van der Waals surface area contributed by atoms with Crippen molar-refractivity contribution >= 4 is 11.5 Å². The van der Waals surface area contributed by atoms with Crippen molar-refractivity contribution in [3.8, 4) is 5.75 Å². The van der Waals surface area contributed by atoms with Gasteiger partial charge in [-0.3, -0.25) is 0 Å². The van der Waals surface area contributed by atoms with Gasteiger partial charge in [-0.15, -0.1) is 0 Å². The van der Waals surface area contributed by atoms with Gasteiger partial charge in [0.05, 0.1) is 17.7 Å². The highest BCUT2D eigenvalue weighted by molar-refractivity contribution is 7.06. The zero-order valence-electron chi connectivity index (χ0n) is 13.9. The molecule has 1 aromatic rings. The Hall–Kier alpha value is -0.570. The fourth-order valence-electron chi connectivity index (χ4n) is 2.85. The van der Waals surface area contributed by atoms with Gasteiger partial charge < -0.3 is 4.74 Å². The van der Waals surface area contributed by atoms with Crippen molar-refractivity contribution in [2.45, 2.75) is 84.5 Å². The van der Waals surface area contributed by atoms with E-state index in [0.717, 1.165) is 11.4 Å². The number of ether oxygens (including phenoxy) is 1. The molecule has 1 atom stereocenters. The van der Waals surface area contributed by atoms with Gasteiger partial charge in [0.25, 0.3) is 0 Å². The smallest absolute Gasteiger partial charge is 0.156 e. The first kappa shape index (κ1) is 17.5. The highest BCUT2D eigenvalue weighted by atomic mass is 32.1. The highest BCUT2D eigenvalue weighted by Gasteiger charge is 2.32. The van der Waals surface area contributed by atoms with Gasteiger partial charge in [0.15, 0.2) is 5.75 Å². The fraction of sp³-hybridized carbons (Fsp3) is 0.824. The van der Waals surface area contributed by atoms with E-state index in [-0.39, 0.29) is 5.41 Å².